The van der Waals surface area contributed by atoms with Gasteiger partial charge < -0.3 is 11.1 Å². The van der Waals surface area contributed by atoms with Gasteiger partial charge in [0.15, 0.2) is 0 Å². The van der Waals surface area contributed by atoms with Crippen LogP contribution in [0.25, 0.3) is 0 Å². The second-order valence-corrected chi connectivity index (χ2v) is 5.77. The monoisotopic (exact) mass is 285 g/mol. The Balaban J connectivity index is 0.000000200. The molecule has 1 fully saturated rings. The van der Waals surface area contributed by atoms with Gasteiger partial charge in [-0.2, -0.15) is 0 Å². The van der Waals surface area contributed by atoms with Crippen LogP contribution in [0.4, 0.5) is 5.69 Å². The molecule has 0 radical (unpaired) electrons. The van der Waals surface area contributed by atoms with Crippen LogP contribution in [0.3, 0.4) is 0 Å². The van der Waals surface area contributed by atoms with Gasteiger partial charge in [0.2, 0.25) is 15.9 Å². The number of amides is 1. The number of para-hydroxylation sites is 1. The highest BCUT2D eigenvalue weighted by Crippen LogP contribution is 2.14. The number of carbonyl (C=O) groups excluding carboxylic acids is 1. The van der Waals surface area contributed by atoms with E-state index in [0.29, 0.717) is 0 Å². The Labute approximate surface area is 113 Å². The van der Waals surface area contributed by atoms with E-state index in [1.54, 1.807) is 12.1 Å². The van der Waals surface area contributed by atoms with E-state index in [1.807, 2.05) is 0 Å². The van der Waals surface area contributed by atoms with Crippen LogP contribution in [0, 0.1) is 0 Å². The maximum absolute atomic E-state index is 10.8. The van der Waals surface area contributed by atoms with Gasteiger partial charge in [0.05, 0.1) is 5.69 Å². The van der Waals surface area contributed by atoms with Crippen LogP contribution in [0.2, 0.25) is 0 Å². The van der Waals surface area contributed by atoms with Gasteiger partial charge >= 0.3 is 0 Å². The quantitative estimate of drug-likeness (QED) is 0.655. The second kappa shape index (κ2) is 7.10. The summed E-state index contributed by atoms with van der Waals surface area (Å²) in [5.41, 5.74) is 5.52. The Morgan fingerprint density at radius 3 is 2.37 bits per heavy atom. The first-order valence-electron chi connectivity index (χ1n) is 6.05. The van der Waals surface area contributed by atoms with Crippen molar-refractivity contribution in [2.75, 3.05) is 12.3 Å². The number of benzene rings is 1. The van der Waals surface area contributed by atoms with E-state index in [-0.39, 0.29) is 16.5 Å². The summed E-state index contributed by atoms with van der Waals surface area (Å²) in [5.74, 6) is 0.225. The average Bonchev–Trinajstić information content (AvgIpc) is 2.57. The minimum atomic E-state index is -3.66. The van der Waals surface area contributed by atoms with Crippen LogP contribution in [-0.2, 0) is 14.8 Å². The molecule has 6 nitrogen and oxygen atoms in total. The molecule has 0 unspecified atom stereocenters. The average molecular weight is 285 g/mol. The van der Waals surface area contributed by atoms with Gasteiger partial charge in [0.25, 0.3) is 0 Å². The Bertz CT molecular complexity index is 519. The van der Waals surface area contributed by atoms with Crippen LogP contribution < -0.4 is 16.2 Å². The Morgan fingerprint density at radius 1 is 1.11 bits per heavy atom. The Kier molecular flexibility index (Phi) is 5.78. The van der Waals surface area contributed by atoms with Crippen molar-refractivity contribution in [1.82, 2.24) is 5.32 Å². The maximum atomic E-state index is 10.8. The molecule has 19 heavy (non-hydrogen) atoms. The molecule has 1 amide bonds. The first-order valence-corrected chi connectivity index (χ1v) is 7.60. The number of hydrogen-bond donors (Lipinski definition) is 3. The highest BCUT2D eigenvalue weighted by atomic mass is 32.2. The van der Waals surface area contributed by atoms with E-state index in [9.17, 15) is 13.2 Å². The molecule has 1 heterocycles. The zero-order valence-electron chi connectivity index (χ0n) is 10.6. The van der Waals surface area contributed by atoms with Crippen LogP contribution in [-0.4, -0.2) is 20.9 Å². The van der Waals surface area contributed by atoms with Crippen molar-refractivity contribution in [3.8, 4) is 0 Å². The fourth-order valence-electron chi connectivity index (χ4n) is 1.64. The lowest BCUT2D eigenvalue weighted by Gasteiger charge is -2.00. The summed E-state index contributed by atoms with van der Waals surface area (Å²) in [7, 11) is -3.66. The number of primary sulfonamides is 1. The lowest BCUT2D eigenvalue weighted by atomic mass is 10.2. The fraction of sp³-hybridized carbons (Fsp3) is 0.417. The van der Waals surface area contributed by atoms with Crippen molar-refractivity contribution < 1.29 is 13.2 Å². The van der Waals surface area contributed by atoms with E-state index >= 15 is 0 Å². The van der Waals surface area contributed by atoms with E-state index in [4.69, 9.17) is 10.9 Å². The molecule has 7 heteroatoms. The predicted octanol–water partition coefficient (Wildman–Crippen LogP) is 0.593. The molecule has 0 spiro atoms. The number of nitrogen functional groups attached to an aromatic ring is 1. The van der Waals surface area contributed by atoms with Crippen LogP contribution in [0.5, 0.6) is 0 Å². The number of rotatable bonds is 1. The minimum absolute atomic E-state index is 0.0278. The third kappa shape index (κ3) is 5.71. The van der Waals surface area contributed by atoms with Crippen molar-refractivity contribution in [1.29, 1.82) is 0 Å². The summed E-state index contributed by atoms with van der Waals surface area (Å²) in [6.07, 6.45) is 4.18. The fourth-order valence-corrected chi connectivity index (χ4v) is 2.31. The van der Waals surface area contributed by atoms with Gasteiger partial charge in [-0.15, -0.1) is 0 Å². The maximum Gasteiger partial charge on any atom is 0.240 e. The van der Waals surface area contributed by atoms with Crippen LogP contribution >= 0.6 is 0 Å². The van der Waals surface area contributed by atoms with E-state index < -0.39 is 10.0 Å². The number of nitrogens with two attached hydrogens (primary N) is 2. The van der Waals surface area contributed by atoms with Gasteiger partial charge in [-0.05, 0) is 25.0 Å². The first-order chi connectivity index (χ1) is 8.91. The van der Waals surface area contributed by atoms with Crippen molar-refractivity contribution in [3.63, 3.8) is 0 Å². The molecule has 1 saturated heterocycles. The smallest absolute Gasteiger partial charge is 0.240 e. The Morgan fingerprint density at radius 2 is 1.79 bits per heavy atom. The molecule has 0 saturated carbocycles. The highest BCUT2D eigenvalue weighted by Gasteiger charge is 2.09. The molecule has 0 bridgehead atoms. The SMILES string of the molecule is Nc1ccccc1S(N)(=O)=O.O=C1CCCCCN1. The predicted molar refractivity (Wildman–Crippen MR) is 73.7 cm³/mol. The first kappa shape index (κ1) is 15.5. The number of carbonyl (C=O) groups is 1. The molecule has 2 rings (SSSR count). The van der Waals surface area contributed by atoms with E-state index in [0.717, 1.165) is 25.8 Å². The molecular formula is C12H19N3O3S. The van der Waals surface area contributed by atoms with Gasteiger partial charge in [-0.1, -0.05) is 18.6 Å². The molecule has 1 aliphatic rings. The van der Waals surface area contributed by atoms with E-state index in [2.05, 4.69) is 5.32 Å². The van der Waals surface area contributed by atoms with Crippen molar-refractivity contribution in [2.24, 2.45) is 5.14 Å². The Hall–Kier alpha value is -1.60. The lowest BCUT2D eigenvalue weighted by molar-refractivity contribution is -0.120. The van der Waals surface area contributed by atoms with Crippen molar-refractivity contribution >= 4 is 21.6 Å². The zero-order chi connectivity index (χ0) is 14.3. The normalized spacial score (nSPS) is 15.7. The van der Waals surface area contributed by atoms with Gasteiger partial charge in [0, 0.05) is 13.0 Å². The summed E-state index contributed by atoms with van der Waals surface area (Å²) in [5, 5.41) is 7.66. The lowest BCUT2D eigenvalue weighted by Crippen LogP contribution is -2.21. The topological polar surface area (TPSA) is 115 Å². The summed E-state index contributed by atoms with van der Waals surface area (Å²) in [4.78, 5) is 10.5. The molecule has 5 N–H and O–H groups in total. The van der Waals surface area contributed by atoms with E-state index in [1.165, 1.54) is 18.6 Å². The van der Waals surface area contributed by atoms with Crippen molar-refractivity contribution in [2.45, 2.75) is 30.6 Å². The van der Waals surface area contributed by atoms with Gasteiger partial charge in [0.1, 0.15) is 4.90 Å². The summed E-state index contributed by atoms with van der Waals surface area (Å²) >= 11 is 0. The number of nitrogens with one attached hydrogen (secondary N) is 1. The van der Waals surface area contributed by atoms with Gasteiger partial charge in [-0.25, -0.2) is 13.6 Å². The number of anilines is 1. The second-order valence-electron chi connectivity index (χ2n) is 4.24. The molecule has 0 aromatic heterocycles. The minimum Gasteiger partial charge on any atom is -0.398 e. The van der Waals surface area contributed by atoms with Crippen LogP contribution in [0.1, 0.15) is 25.7 Å². The molecular weight excluding hydrogens is 266 g/mol. The van der Waals surface area contributed by atoms with Crippen molar-refractivity contribution in [3.05, 3.63) is 24.3 Å². The number of hydrogen-bond acceptors (Lipinski definition) is 4. The summed E-state index contributed by atoms with van der Waals surface area (Å²) < 4.78 is 21.5. The number of sulfonamides is 1. The third-order valence-electron chi connectivity index (χ3n) is 2.63. The molecule has 1 aromatic rings. The molecule has 106 valence electrons. The summed E-state index contributed by atoms with van der Waals surface area (Å²) in [6, 6.07) is 6.06. The summed E-state index contributed by atoms with van der Waals surface area (Å²) in [6.45, 7) is 0.888. The van der Waals surface area contributed by atoms with Gasteiger partial charge in [-0.3, -0.25) is 4.79 Å². The molecule has 1 aliphatic heterocycles. The van der Waals surface area contributed by atoms with Crippen LogP contribution in [0.15, 0.2) is 29.2 Å². The largest absolute Gasteiger partial charge is 0.398 e. The highest BCUT2D eigenvalue weighted by molar-refractivity contribution is 7.89. The zero-order valence-corrected chi connectivity index (χ0v) is 11.4. The standard InChI is InChI=1S/C6H8N2O2S.C6H11NO/c7-5-3-1-2-4-6(5)11(8,9)10;8-6-4-2-1-3-5-7-6/h1-4H,7H2,(H2,8,9,10);1-5H2,(H,7,8). The molecule has 1 aromatic carbocycles. The third-order valence-corrected chi connectivity index (χ3v) is 3.61. The molecule has 0 aliphatic carbocycles. The molecule has 0 atom stereocenters.